The van der Waals surface area contributed by atoms with Crippen LogP contribution < -0.4 is 5.73 Å². The van der Waals surface area contributed by atoms with Gasteiger partial charge in [-0.2, -0.15) is 4.39 Å². The monoisotopic (exact) mass is 281 g/mol. The van der Waals surface area contributed by atoms with Crippen LogP contribution in [0.5, 0.6) is 0 Å². The van der Waals surface area contributed by atoms with Gasteiger partial charge in [0.15, 0.2) is 0 Å². The molecule has 0 aliphatic carbocycles. The maximum absolute atomic E-state index is 13.5. The van der Waals surface area contributed by atoms with Gasteiger partial charge in [0.05, 0.1) is 4.92 Å². The number of nitrogens with zero attached hydrogens (tertiary/aromatic N) is 2. The Balaban J connectivity index is 1.91. The third-order valence-electron chi connectivity index (χ3n) is 3.90. The first-order valence-corrected chi connectivity index (χ1v) is 6.95. The van der Waals surface area contributed by atoms with Gasteiger partial charge >= 0.3 is 5.69 Å². The summed E-state index contributed by atoms with van der Waals surface area (Å²) in [4.78, 5) is 12.1. The molecule has 110 valence electrons. The van der Waals surface area contributed by atoms with Gasteiger partial charge in [0.1, 0.15) is 0 Å². The highest BCUT2D eigenvalue weighted by molar-refractivity contribution is 5.34. The van der Waals surface area contributed by atoms with Crippen LogP contribution >= 0.6 is 0 Å². The quantitative estimate of drug-likeness (QED) is 0.664. The number of nitro benzene ring substituents is 1. The van der Waals surface area contributed by atoms with Crippen molar-refractivity contribution in [1.29, 1.82) is 0 Å². The molecular weight excluding hydrogens is 261 g/mol. The van der Waals surface area contributed by atoms with E-state index in [0.29, 0.717) is 12.5 Å². The maximum Gasteiger partial charge on any atom is 0.304 e. The molecule has 1 aliphatic heterocycles. The summed E-state index contributed by atoms with van der Waals surface area (Å²) < 4.78 is 13.5. The van der Waals surface area contributed by atoms with Crippen molar-refractivity contribution in [2.24, 2.45) is 11.7 Å². The van der Waals surface area contributed by atoms with Gasteiger partial charge in [-0.15, -0.1) is 0 Å². The summed E-state index contributed by atoms with van der Waals surface area (Å²) in [6.07, 6.45) is 3.30. The number of benzene rings is 1. The topological polar surface area (TPSA) is 72.4 Å². The highest BCUT2D eigenvalue weighted by atomic mass is 19.1. The van der Waals surface area contributed by atoms with Gasteiger partial charge in [0.25, 0.3) is 0 Å². The number of piperidine rings is 1. The van der Waals surface area contributed by atoms with Crippen LogP contribution in [-0.4, -0.2) is 29.5 Å². The Morgan fingerprint density at radius 2 is 2.10 bits per heavy atom. The minimum atomic E-state index is -0.759. The summed E-state index contributed by atoms with van der Waals surface area (Å²) in [5.74, 6) is -0.0598. The summed E-state index contributed by atoms with van der Waals surface area (Å²) in [5.41, 5.74) is 5.88. The van der Waals surface area contributed by atoms with Crippen molar-refractivity contribution in [2.75, 3.05) is 19.6 Å². The molecule has 0 unspecified atom stereocenters. The molecule has 1 fully saturated rings. The molecule has 1 aliphatic rings. The lowest BCUT2D eigenvalue weighted by molar-refractivity contribution is -0.387. The molecule has 1 aromatic carbocycles. The van der Waals surface area contributed by atoms with Crippen LogP contribution in [0.1, 0.15) is 24.8 Å². The van der Waals surface area contributed by atoms with Crippen LogP contribution in [0.4, 0.5) is 10.1 Å². The van der Waals surface area contributed by atoms with Gasteiger partial charge in [-0.3, -0.25) is 15.0 Å². The minimum absolute atomic E-state index is 0.463. The van der Waals surface area contributed by atoms with Crippen LogP contribution in [0.25, 0.3) is 0 Å². The average molecular weight is 281 g/mol. The largest absolute Gasteiger partial charge is 0.330 e. The highest BCUT2D eigenvalue weighted by Crippen LogP contribution is 2.23. The summed E-state index contributed by atoms with van der Waals surface area (Å²) in [6.45, 7) is 3.33. The molecule has 2 rings (SSSR count). The van der Waals surface area contributed by atoms with E-state index in [-0.39, 0.29) is 0 Å². The predicted octanol–water partition coefficient (Wildman–Crippen LogP) is 2.29. The molecule has 20 heavy (non-hydrogen) atoms. The summed E-state index contributed by atoms with van der Waals surface area (Å²) >= 11 is 0. The van der Waals surface area contributed by atoms with Crippen molar-refractivity contribution in [3.63, 3.8) is 0 Å². The molecule has 1 heterocycles. The Bertz CT molecular complexity index is 473. The molecule has 6 heteroatoms. The molecule has 5 nitrogen and oxygen atoms in total. The van der Waals surface area contributed by atoms with Gasteiger partial charge in [-0.1, -0.05) is 6.07 Å². The molecule has 0 spiro atoms. The number of likely N-dealkylation sites (tertiary alicyclic amines) is 1. The minimum Gasteiger partial charge on any atom is -0.330 e. The fourth-order valence-corrected chi connectivity index (χ4v) is 2.72. The van der Waals surface area contributed by atoms with E-state index in [1.807, 2.05) is 0 Å². The highest BCUT2D eigenvalue weighted by Gasteiger charge is 2.20. The first-order chi connectivity index (χ1) is 9.60. The Labute approximate surface area is 117 Å². The van der Waals surface area contributed by atoms with Crippen molar-refractivity contribution in [1.82, 2.24) is 4.90 Å². The Hall–Kier alpha value is -1.53. The number of hydrogen-bond acceptors (Lipinski definition) is 4. The lowest BCUT2D eigenvalue weighted by Crippen LogP contribution is -2.33. The van der Waals surface area contributed by atoms with Gasteiger partial charge in [-0.05, 0) is 56.4 Å². The van der Waals surface area contributed by atoms with Crippen molar-refractivity contribution in [2.45, 2.75) is 25.8 Å². The van der Waals surface area contributed by atoms with E-state index >= 15 is 0 Å². The smallest absolute Gasteiger partial charge is 0.304 e. The van der Waals surface area contributed by atoms with Crippen LogP contribution in [0, 0.1) is 21.8 Å². The standard InChI is InChI=1S/C14H20FN3O2/c15-13-9-12(1-2-14(13)18(19)20)10-17-7-4-11(3-6-16)5-8-17/h1-2,9,11H,3-8,10,16H2. The van der Waals surface area contributed by atoms with Crippen LogP contribution in [-0.2, 0) is 6.54 Å². The molecule has 0 bridgehead atoms. The number of halogens is 1. The van der Waals surface area contributed by atoms with Gasteiger partial charge in [-0.25, -0.2) is 0 Å². The second-order valence-electron chi connectivity index (χ2n) is 5.34. The fourth-order valence-electron chi connectivity index (χ4n) is 2.72. The fraction of sp³-hybridized carbons (Fsp3) is 0.571. The average Bonchev–Trinajstić information content (AvgIpc) is 2.41. The number of hydrogen-bond donors (Lipinski definition) is 1. The number of nitrogens with two attached hydrogens (primary N) is 1. The molecule has 0 amide bonds. The van der Waals surface area contributed by atoms with Crippen LogP contribution in [0.3, 0.4) is 0 Å². The third kappa shape index (κ3) is 3.74. The van der Waals surface area contributed by atoms with Crippen molar-refractivity contribution >= 4 is 5.69 Å². The number of rotatable bonds is 5. The van der Waals surface area contributed by atoms with E-state index in [9.17, 15) is 14.5 Å². The molecule has 0 atom stereocenters. The van der Waals surface area contributed by atoms with Gasteiger partial charge in [0, 0.05) is 12.6 Å². The number of nitro groups is 1. The lowest BCUT2D eigenvalue weighted by Gasteiger charge is -2.31. The van der Waals surface area contributed by atoms with E-state index in [4.69, 9.17) is 5.73 Å². The van der Waals surface area contributed by atoms with E-state index in [1.165, 1.54) is 12.1 Å². The zero-order valence-corrected chi connectivity index (χ0v) is 11.4. The molecule has 1 saturated heterocycles. The molecular formula is C14H20FN3O2. The Morgan fingerprint density at radius 1 is 1.40 bits per heavy atom. The zero-order chi connectivity index (χ0) is 14.5. The second-order valence-corrected chi connectivity index (χ2v) is 5.34. The molecule has 2 N–H and O–H groups in total. The van der Waals surface area contributed by atoms with E-state index in [0.717, 1.165) is 44.5 Å². The second kappa shape index (κ2) is 6.76. The molecule has 0 aromatic heterocycles. The van der Waals surface area contributed by atoms with Gasteiger partial charge in [0.2, 0.25) is 5.82 Å². The van der Waals surface area contributed by atoms with Crippen LogP contribution in [0.2, 0.25) is 0 Å². The first-order valence-electron chi connectivity index (χ1n) is 6.95. The zero-order valence-electron chi connectivity index (χ0n) is 11.4. The summed E-state index contributed by atoms with van der Waals surface area (Å²) in [6, 6.07) is 4.14. The summed E-state index contributed by atoms with van der Waals surface area (Å²) in [5, 5.41) is 10.6. The SMILES string of the molecule is NCCC1CCN(Cc2ccc([N+](=O)[O-])c(F)c2)CC1. The molecule has 1 aromatic rings. The predicted molar refractivity (Wildman–Crippen MR) is 74.7 cm³/mol. The van der Waals surface area contributed by atoms with Gasteiger partial charge < -0.3 is 5.73 Å². The maximum atomic E-state index is 13.5. The normalized spacial score (nSPS) is 17.3. The van der Waals surface area contributed by atoms with E-state index < -0.39 is 16.4 Å². The van der Waals surface area contributed by atoms with Crippen molar-refractivity contribution in [3.8, 4) is 0 Å². The first kappa shape index (κ1) is 14.9. The van der Waals surface area contributed by atoms with Crippen molar-refractivity contribution in [3.05, 3.63) is 39.7 Å². The summed E-state index contributed by atoms with van der Waals surface area (Å²) in [7, 11) is 0. The Kier molecular flexibility index (Phi) is 5.03. The van der Waals surface area contributed by atoms with Crippen molar-refractivity contribution < 1.29 is 9.31 Å². The third-order valence-corrected chi connectivity index (χ3v) is 3.90. The lowest BCUT2D eigenvalue weighted by atomic mass is 9.93. The Morgan fingerprint density at radius 3 is 2.65 bits per heavy atom. The molecule has 0 saturated carbocycles. The van der Waals surface area contributed by atoms with Crippen LogP contribution in [0.15, 0.2) is 18.2 Å². The van der Waals surface area contributed by atoms with E-state index in [2.05, 4.69) is 4.90 Å². The molecule has 0 radical (unpaired) electrons. The van der Waals surface area contributed by atoms with E-state index in [1.54, 1.807) is 6.07 Å².